The van der Waals surface area contributed by atoms with Crippen LogP contribution in [0.25, 0.3) is 0 Å². The number of carbonyl (C=O) groups is 1. The van der Waals surface area contributed by atoms with Gasteiger partial charge < -0.3 is 19.3 Å². The van der Waals surface area contributed by atoms with E-state index in [1.165, 1.54) is 59.0 Å². The molecule has 0 radical (unpaired) electrons. The lowest BCUT2D eigenvalue weighted by Crippen LogP contribution is -2.50. The van der Waals surface area contributed by atoms with Crippen LogP contribution in [-0.2, 0) is 31.0 Å². The topological polar surface area (TPSA) is 122 Å². The highest BCUT2D eigenvalue weighted by Gasteiger charge is 2.46. The summed E-state index contributed by atoms with van der Waals surface area (Å²) in [5, 5.41) is 0. The molecular formula is C32H35F6N3O7S2. The number of carbonyl (C=O) groups excluding carboxylic acids is 1. The molecule has 1 atom stereocenters. The molecule has 1 amide bonds. The van der Waals surface area contributed by atoms with Crippen LogP contribution >= 0.6 is 0 Å². The Labute approximate surface area is 285 Å². The molecule has 0 saturated carbocycles. The third-order valence-corrected chi connectivity index (χ3v) is 10.7. The van der Waals surface area contributed by atoms with Crippen LogP contribution in [-0.4, -0.2) is 71.5 Å². The predicted molar refractivity (Wildman–Crippen MR) is 171 cm³/mol. The Morgan fingerprint density at radius 2 is 1.44 bits per heavy atom. The largest absolute Gasteiger partial charge is 0.573 e. The molecule has 0 aromatic heterocycles. The summed E-state index contributed by atoms with van der Waals surface area (Å²) in [5.74, 6) is -0.774. The summed E-state index contributed by atoms with van der Waals surface area (Å²) in [6, 6.07) is 13.2. The number of para-hydroxylation sites is 1. The highest BCUT2D eigenvalue weighted by atomic mass is 32.2. The van der Waals surface area contributed by atoms with Crippen LogP contribution < -0.4 is 14.4 Å². The summed E-state index contributed by atoms with van der Waals surface area (Å²) < 4.78 is 141. The van der Waals surface area contributed by atoms with E-state index in [-0.39, 0.29) is 54.3 Å². The van der Waals surface area contributed by atoms with Crippen molar-refractivity contribution in [3.05, 3.63) is 83.4 Å². The number of halogens is 6. The molecule has 1 fully saturated rings. The van der Waals surface area contributed by atoms with E-state index in [1.807, 2.05) is 0 Å². The number of rotatable bonds is 9. The number of alkyl halides is 6. The summed E-state index contributed by atoms with van der Waals surface area (Å²) in [7, 11) is -10.2. The molecule has 1 aliphatic rings. The van der Waals surface area contributed by atoms with Crippen molar-refractivity contribution in [1.82, 2.24) is 9.62 Å². The van der Waals surface area contributed by atoms with Gasteiger partial charge in [-0.2, -0.15) is 13.2 Å². The minimum Gasteiger partial charge on any atom is -0.444 e. The van der Waals surface area contributed by atoms with Gasteiger partial charge in [0.25, 0.3) is 0 Å². The number of anilines is 1. The second-order valence-electron chi connectivity index (χ2n) is 12.5. The first-order valence-electron chi connectivity index (χ1n) is 15.1. The molecule has 50 heavy (non-hydrogen) atoms. The van der Waals surface area contributed by atoms with Gasteiger partial charge in [0.15, 0.2) is 0 Å². The summed E-state index contributed by atoms with van der Waals surface area (Å²) in [6.45, 7) is 7.31. The van der Waals surface area contributed by atoms with Gasteiger partial charge in [0, 0.05) is 32.2 Å². The van der Waals surface area contributed by atoms with Gasteiger partial charge in [0.05, 0.1) is 15.5 Å². The lowest BCUT2D eigenvalue weighted by atomic mass is 10.0. The van der Waals surface area contributed by atoms with Gasteiger partial charge in [-0.15, -0.1) is 13.2 Å². The first-order valence-corrected chi connectivity index (χ1v) is 18.1. The summed E-state index contributed by atoms with van der Waals surface area (Å²) in [5.41, 5.74) is -5.28. The molecule has 10 nitrogen and oxygen atoms in total. The van der Waals surface area contributed by atoms with Gasteiger partial charge >= 0.3 is 28.0 Å². The van der Waals surface area contributed by atoms with Crippen molar-refractivity contribution in [3.8, 4) is 5.75 Å². The Morgan fingerprint density at radius 3 is 2.00 bits per heavy atom. The Hall–Kier alpha value is -4.03. The van der Waals surface area contributed by atoms with Crippen LogP contribution in [0.2, 0.25) is 0 Å². The van der Waals surface area contributed by atoms with Gasteiger partial charge in [0.2, 0.25) is 9.84 Å². The smallest absolute Gasteiger partial charge is 0.444 e. The molecule has 4 rings (SSSR count). The third-order valence-electron chi connectivity index (χ3n) is 7.50. The van der Waals surface area contributed by atoms with Crippen LogP contribution in [0.15, 0.2) is 76.5 Å². The third kappa shape index (κ3) is 9.60. The van der Waals surface area contributed by atoms with E-state index in [1.54, 1.807) is 37.8 Å². The molecule has 3 aromatic rings. The van der Waals surface area contributed by atoms with Crippen molar-refractivity contribution in [3.63, 3.8) is 0 Å². The second kappa shape index (κ2) is 14.3. The Kier molecular flexibility index (Phi) is 11.1. The van der Waals surface area contributed by atoms with E-state index in [0.717, 1.165) is 12.1 Å². The van der Waals surface area contributed by atoms with Crippen molar-refractivity contribution < 1.29 is 57.4 Å². The number of amides is 1. The number of hydrogen-bond donors (Lipinski definition) is 1. The number of sulfonamides is 1. The van der Waals surface area contributed by atoms with E-state index < -0.39 is 60.1 Å². The molecule has 1 unspecified atom stereocenters. The molecule has 3 aromatic carbocycles. The Balaban J connectivity index is 1.65. The van der Waals surface area contributed by atoms with Crippen LogP contribution in [0, 0.1) is 0 Å². The molecular weight excluding hydrogens is 716 g/mol. The minimum atomic E-state index is -5.63. The van der Waals surface area contributed by atoms with E-state index in [2.05, 4.69) is 4.74 Å². The van der Waals surface area contributed by atoms with Gasteiger partial charge in [-0.3, -0.25) is 0 Å². The van der Waals surface area contributed by atoms with E-state index in [9.17, 15) is 48.0 Å². The van der Waals surface area contributed by atoms with Crippen molar-refractivity contribution in [2.75, 3.05) is 31.1 Å². The van der Waals surface area contributed by atoms with Crippen molar-refractivity contribution >= 4 is 31.6 Å². The monoisotopic (exact) mass is 751 g/mol. The average Bonchev–Trinajstić information content (AvgIpc) is 3.00. The van der Waals surface area contributed by atoms with Gasteiger partial charge in [-0.05, 0) is 75.1 Å². The van der Waals surface area contributed by atoms with Crippen LogP contribution in [0.1, 0.15) is 50.4 Å². The standard InChI is InChI=1S/C32H35F6N3O7S2/c1-21(39-50(45,46)32(36,37)38)23-11-9-22(10-12-23)19-24-13-14-25(47-31(33,34)35)20-28(24)49(43,44)27-8-6-5-7-26(27)40-15-17-41(18-16-40)29(42)48-30(2,3)4/h5-14,20-21,39H,15-19H2,1-4H3. The number of hydrogen-bond acceptors (Lipinski definition) is 8. The van der Waals surface area contributed by atoms with Crippen molar-refractivity contribution in [2.45, 2.75) is 67.4 Å². The average molecular weight is 752 g/mol. The number of sulfone groups is 1. The van der Waals surface area contributed by atoms with E-state index >= 15 is 0 Å². The minimum absolute atomic E-state index is 0.0858. The van der Waals surface area contributed by atoms with Crippen molar-refractivity contribution in [2.24, 2.45) is 0 Å². The molecule has 1 heterocycles. The predicted octanol–water partition coefficient (Wildman–Crippen LogP) is 6.57. The zero-order valence-corrected chi connectivity index (χ0v) is 28.9. The molecule has 1 aliphatic heterocycles. The molecule has 0 spiro atoms. The van der Waals surface area contributed by atoms with Crippen LogP contribution in [0.5, 0.6) is 5.75 Å². The lowest BCUT2D eigenvalue weighted by Gasteiger charge is -2.37. The molecule has 274 valence electrons. The normalized spacial score (nSPS) is 15.5. The first kappa shape index (κ1) is 38.8. The fourth-order valence-electron chi connectivity index (χ4n) is 5.16. The Morgan fingerprint density at radius 1 is 0.840 bits per heavy atom. The van der Waals surface area contributed by atoms with Gasteiger partial charge in [-0.25, -0.2) is 26.4 Å². The first-order chi connectivity index (χ1) is 23.0. The van der Waals surface area contributed by atoms with E-state index in [0.29, 0.717) is 5.56 Å². The Bertz CT molecular complexity index is 1900. The second-order valence-corrected chi connectivity index (χ2v) is 16.0. The lowest BCUT2D eigenvalue weighted by molar-refractivity contribution is -0.274. The zero-order valence-electron chi connectivity index (χ0n) is 27.3. The zero-order chi connectivity index (χ0) is 37.3. The summed E-state index contributed by atoms with van der Waals surface area (Å²) in [4.78, 5) is 15.1. The quantitative estimate of drug-likeness (QED) is 0.244. The fourth-order valence-corrected chi connectivity index (χ4v) is 7.62. The van der Waals surface area contributed by atoms with Gasteiger partial charge in [-0.1, -0.05) is 42.5 Å². The fraction of sp³-hybridized carbons (Fsp3) is 0.406. The highest BCUT2D eigenvalue weighted by molar-refractivity contribution is 7.91. The number of ether oxygens (including phenoxy) is 2. The maximum absolute atomic E-state index is 14.3. The summed E-state index contributed by atoms with van der Waals surface area (Å²) in [6.07, 6.45) is -5.77. The van der Waals surface area contributed by atoms with Crippen molar-refractivity contribution in [1.29, 1.82) is 0 Å². The number of nitrogens with one attached hydrogen (secondary N) is 1. The van der Waals surface area contributed by atoms with Crippen LogP contribution in [0.4, 0.5) is 36.8 Å². The molecule has 0 bridgehead atoms. The van der Waals surface area contributed by atoms with Gasteiger partial charge in [0.1, 0.15) is 11.4 Å². The highest BCUT2D eigenvalue weighted by Crippen LogP contribution is 2.36. The van der Waals surface area contributed by atoms with Crippen LogP contribution in [0.3, 0.4) is 0 Å². The molecule has 1 N–H and O–H groups in total. The molecule has 18 heteroatoms. The number of piperazine rings is 1. The maximum Gasteiger partial charge on any atom is 0.573 e. The number of nitrogens with zero attached hydrogens (tertiary/aromatic N) is 2. The SMILES string of the molecule is CC(NS(=O)(=O)C(F)(F)F)c1ccc(Cc2ccc(OC(F)(F)F)cc2S(=O)(=O)c2ccccc2N2CCN(C(=O)OC(C)(C)C)CC2)cc1. The molecule has 1 saturated heterocycles. The number of benzene rings is 3. The summed E-state index contributed by atoms with van der Waals surface area (Å²) >= 11 is 0. The maximum atomic E-state index is 14.3. The molecule has 0 aliphatic carbocycles. The van der Waals surface area contributed by atoms with E-state index in [4.69, 9.17) is 4.74 Å².